The molecule has 0 heterocycles. The predicted octanol–water partition coefficient (Wildman–Crippen LogP) is -0.886. The molecule has 0 saturated heterocycles. The summed E-state index contributed by atoms with van der Waals surface area (Å²) in [6.07, 6.45) is 0. The number of hydrogen-bond donors (Lipinski definition) is 1. The van der Waals surface area contributed by atoms with Gasteiger partial charge in [-0.2, -0.15) is 0 Å². The summed E-state index contributed by atoms with van der Waals surface area (Å²) in [7, 11) is 6.67. The third kappa shape index (κ3) is 5.15. The number of nitrogens with zero attached hydrogens (tertiary/aromatic N) is 2. The number of quaternary nitrogens is 1. The van der Waals surface area contributed by atoms with Crippen LogP contribution in [0.25, 0.3) is 0 Å². The first-order valence-corrected chi connectivity index (χ1v) is 6.25. The highest BCUT2D eigenvalue weighted by atomic mass is 35.5. The summed E-state index contributed by atoms with van der Waals surface area (Å²) in [6.45, 7) is 7.50. The second kappa shape index (κ2) is 6.86. The van der Waals surface area contributed by atoms with Gasteiger partial charge in [0, 0.05) is 17.9 Å². The minimum absolute atomic E-state index is 0. The van der Waals surface area contributed by atoms with Gasteiger partial charge >= 0.3 is 0 Å². The summed E-state index contributed by atoms with van der Waals surface area (Å²) >= 11 is 0. The van der Waals surface area contributed by atoms with Crippen LogP contribution >= 0.6 is 0 Å². The van der Waals surface area contributed by atoms with Crippen LogP contribution in [0.1, 0.15) is 12.5 Å². The second-order valence-corrected chi connectivity index (χ2v) is 5.63. The van der Waals surface area contributed by atoms with Crippen LogP contribution in [0.4, 0.5) is 11.4 Å². The first kappa shape index (κ1) is 17.1. The number of anilines is 2. The van der Waals surface area contributed by atoms with E-state index in [-0.39, 0.29) is 12.4 Å². The highest BCUT2D eigenvalue weighted by Gasteiger charge is 2.11. The van der Waals surface area contributed by atoms with Gasteiger partial charge in [0.1, 0.15) is 0 Å². The Bertz CT molecular complexity index is 372. The standard InChI is InChI=1S/C14H26N3.ClH/c1-6-16(9-10-17(3,4)5)13-7-8-14(15)12(2)11-13;/h7-8,11H,6,9-10,15H2,1-5H3;1H/q+1;/p-1. The van der Waals surface area contributed by atoms with Crippen LogP contribution in [0.5, 0.6) is 0 Å². The zero-order valence-corrected chi connectivity index (χ0v) is 13.0. The number of likely N-dealkylation sites (N-methyl/N-ethyl adjacent to an activating group) is 2. The largest absolute Gasteiger partial charge is 1.00 e. The summed E-state index contributed by atoms with van der Waals surface area (Å²) in [4.78, 5) is 2.40. The molecule has 0 aliphatic carbocycles. The summed E-state index contributed by atoms with van der Waals surface area (Å²) in [6, 6.07) is 6.29. The number of aryl methyl sites for hydroxylation is 1. The van der Waals surface area contributed by atoms with Crippen molar-refractivity contribution in [1.82, 2.24) is 0 Å². The van der Waals surface area contributed by atoms with Gasteiger partial charge in [0.2, 0.25) is 0 Å². The Labute approximate surface area is 118 Å². The van der Waals surface area contributed by atoms with Crippen LogP contribution in [0.2, 0.25) is 0 Å². The molecule has 0 aromatic heterocycles. The van der Waals surface area contributed by atoms with Gasteiger partial charge in [-0.05, 0) is 37.6 Å². The van der Waals surface area contributed by atoms with E-state index in [4.69, 9.17) is 5.73 Å². The van der Waals surface area contributed by atoms with Gasteiger partial charge < -0.3 is 27.5 Å². The molecule has 104 valence electrons. The van der Waals surface area contributed by atoms with Gasteiger partial charge in [-0.25, -0.2) is 0 Å². The third-order valence-corrected chi connectivity index (χ3v) is 3.04. The molecule has 1 rings (SSSR count). The van der Waals surface area contributed by atoms with Crippen molar-refractivity contribution in [3.8, 4) is 0 Å². The zero-order chi connectivity index (χ0) is 13.1. The van der Waals surface area contributed by atoms with E-state index in [1.807, 2.05) is 6.07 Å². The van der Waals surface area contributed by atoms with E-state index in [2.05, 4.69) is 52.0 Å². The number of benzene rings is 1. The maximum absolute atomic E-state index is 5.85. The van der Waals surface area contributed by atoms with Gasteiger partial charge in [-0.3, -0.25) is 0 Å². The molecule has 0 aliphatic rings. The molecule has 0 saturated carbocycles. The maximum Gasteiger partial charge on any atom is 0.0958 e. The van der Waals surface area contributed by atoms with Crippen LogP contribution in [-0.4, -0.2) is 45.3 Å². The Morgan fingerprint density at radius 3 is 2.28 bits per heavy atom. The molecule has 0 radical (unpaired) electrons. The smallest absolute Gasteiger partial charge is 0.0958 e. The van der Waals surface area contributed by atoms with Crippen LogP contribution < -0.4 is 23.0 Å². The summed E-state index contributed by atoms with van der Waals surface area (Å²) in [5.74, 6) is 0. The Balaban J connectivity index is 0.00000289. The highest BCUT2D eigenvalue weighted by molar-refractivity contribution is 5.57. The molecule has 2 N–H and O–H groups in total. The van der Waals surface area contributed by atoms with Crippen LogP contribution in [0.3, 0.4) is 0 Å². The lowest BCUT2D eigenvalue weighted by molar-refractivity contribution is -0.868. The number of nitrogens with two attached hydrogens (primary N) is 1. The topological polar surface area (TPSA) is 29.3 Å². The molecule has 1 aromatic carbocycles. The van der Waals surface area contributed by atoms with Gasteiger partial charge in [-0.1, -0.05) is 0 Å². The third-order valence-electron chi connectivity index (χ3n) is 3.04. The van der Waals surface area contributed by atoms with Crippen molar-refractivity contribution >= 4 is 11.4 Å². The molecule has 0 amide bonds. The Kier molecular flexibility index (Phi) is 6.50. The Morgan fingerprint density at radius 1 is 1.22 bits per heavy atom. The van der Waals surface area contributed by atoms with Crippen molar-refractivity contribution in [3.05, 3.63) is 23.8 Å². The second-order valence-electron chi connectivity index (χ2n) is 5.63. The fourth-order valence-corrected chi connectivity index (χ4v) is 1.75. The van der Waals surface area contributed by atoms with Crippen LogP contribution in [0, 0.1) is 6.92 Å². The molecule has 1 aromatic rings. The lowest BCUT2D eigenvalue weighted by Gasteiger charge is -2.30. The van der Waals surface area contributed by atoms with E-state index >= 15 is 0 Å². The molecule has 0 bridgehead atoms. The average Bonchev–Trinajstić information content (AvgIpc) is 2.22. The first-order chi connectivity index (χ1) is 7.83. The minimum atomic E-state index is 0. The van der Waals surface area contributed by atoms with E-state index in [0.717, 1.165) is 35.4 Å². The van der Waals surface area contributed by atoms with Crippen LogP contribution in [-0.2, 0) is 0 Å². The molecule has 18 heavy (non-hydrogen) atoms. The van der Waals surface area contributed by atoms with Gasteiger partial charge in [0.05, 0.1) is 34.2 Å². The fourth-order valence-electron chi connectivity index (χ4n) is 1.75. The van der Waals surface area contributed by atoms with Crippen molar-refractivity contribution in [2.24, 2.45) is 0 Å². The highest BCUT2D eigenvalue weighted by Crippen LogP contribution is 2.20. The van der Waals surface area contributed by atoms with Gasteiger partial charge in [-0.15, -0.1) is 0 Å². The normalized spacial score (nSPS) is 10.9. The molecule has 0 unspecified atom stereocenters. The lowest BCUT2D eigenvalue weighted by Crippen LogP contribution is -3.00. The molecule has 0 atom stereocenters. The van der Waals surface area contributed by atoms with Crippen molar-refractivity contribution in [1.29, 1.82) is 0 Å². The average molecular weight is 272 g/mol. The van der Waals surface area contributed by atoms with E-state index in [9.17, 15) is 0 Å². The number of nitrogen functional groups attached to an aromatic ring is 1. The van der Waals surface area contributed by atoms with Crippen molar-refractivity contribution in [3.63, 3.8) is 0 Å². The van der Waals surface area contributed by atoms with Crippen LogP contribution in [0.15, 0.2) is 18.2 Å². The van der Waals surface area contributed by atoms with E-state index in [1.165, 1.54) is 5.69 Å². The SMILES string of the molecule is CCN(CC[N+](C)(C)C)c1ccc(N)c(C)c1.[Cl-]. The fraction of sp³-hybridized carbons (Fsp3) is 0.571. The molecular weight excluding hydrogens is 246 g/mol. The molecular formula is C14H26ClN3. The maximum atomic E-state index is 5.85. The Hall–Kier alpha value is -0.930. The molecule has 0 fully saturated rings. The quantitative estimate of drug-likeness (QED) is 0.556. The minimum Gasteiger partial charge on any atom is -1.00 e. The van der Waals surface area contributed by atoms with E-state index < -0.39 is 0 Å². The number of rotatable bonds is 5. The first-order valence-electron chi connectivity index (χ1n) is 6.25. The van der Waals surface area contributed by atoms with E-state index in [1.54, 1.807) is 0 Å². The summed E-state index contributed by atoms with van der Waals surface area (Å²) < 4.78 is 0.991. The van der Waals surface area contributed by atoms with Crippen molar-refractivity contribution in [2.75, 3.05) is 51.4 Å². The molecule has 4 heteroatoms. The summed E-state index contributed by atoms with van der Waals surface area (Å²) in [5.41, 5.74) is 9.15. The number of hydrogen-bond acceptors (Lipinski definition) is 2. The summed E-state index contributed by atoms with van der Waals surface area (Å²) in [5, 5.41) is 0. The molecule has 3 nitrogen and oxygen atoms in total. The Morgan fingerprint density at radius 2 is 1.83 bits per heavy atom. The monoisotopic (exact) mass is 271 g/mol. The van der Waals surface area contributed by atoms with Crippen molar-refractivity contribution in [2.45, 2.75) is 13.8 Å². The predicted molar refractivity (Wildman–Crippen MR) is 76.4 cm³/mol. The van der Waals surface area contributed by atoms with Gasteiger partial charge in [0.15, 0.2) is 0 Å². The molecule has 0 spiro atoms. The van der Waals surface area contributed by atoms with E-state index in [0.29, 0.717) is 0 Å². The zero-order valence-electron chi connectivity index (χ0n) is 12.2. The number of halogens is 1. The van der Waals surface area contributed by atoms with Gasteiger partial charge in [0.25, 0.3) is 0 Å². The molecule has 0 aliphatic heterocycles. The van der Waals surface area contributed by atoms with Crippen molar-refractivity contribution < 1.29 is 16.9 Å². The lowest BCUT2D eigenvalue weighted by atomic mass is 10.1.